The molecule has 0 unspecified atom stereocenters. The lowest BCUT2D eigenvalue weighted by atomic mass is 9.95. The predicted molar refractivity (Wildman–Crippen MR) is 179 cm³/mol. The monoisotopic (exact) mass is 676 g/mol. The van der Waals surface area contributed by atoms with Crippen LogP contribution in [-0.4, -0.2) is 16.4 Å². The molecule has 50 heavy (non-hydrogen) atoms. The fraction of sp³-hybridized carbons (Fsp3) is 0.0500. The zero-order chi connectivity index (χ0) is 34.9. The summed E-state index contributed by atoms with van der Waals surface area (Å²) in [7, 11) is 0. The van der Waals surface area contributed by atoms with Gasteiger partial charge >= 0.3 is 12.4 Å². The smallest absolute Gasteiger partial charge is 0.308 e. The van der Waals surface area contributed by atoms with E-state index < -0.39 is 40.9 Å². The van der Waals surface area contributed by atoms with Crippen LogP contribution in [0, 0.1) is 0 Å². The normalized spacial score (nSPS) is 13.4. The number of carbonyl (C=O) groups is 2. The van der Waals surface area contributed by atoms with E-state index in [1.807, 2.05) is 36.4 Å². The van der Waals surface area contributed by atoms with Crippen LogP contribution in [0.2, 0.25) is 0 Å². The van der Waals surface area contributed by atoms with Crippen molar-refractivity contribution < 1.29 is 35.9 Å². The van der Waals surface area contributed by atoms with Gasteiger partial charge in [0.15, 0.2) is 0 Å². The van der Waals surface area contributed by atoms with Gasteiger partial charge in [-0.2, -0.15) is 26.3 Å². The van der Waals surface area contributed by atoms with E-state index in [1.54, 1.807) is 65.2 Å². The third kappa shape index (κ3) is 4.86. The first-order valence-corrected chi connectivity index (χ1v) is 15.4. The van der Waals surface area contributed by atoms with Crippen molar-refractivity contribution >= 4 is 39.3 Å². The van der Waals surface area contributed by atoms with E-state index in [2.05, 4.69) is 0 Å². The summed E-state index contributed by atoms with van der Waals surface area (Å²) in [5.74, 6) is -1.19. The topological polar surface area (TPSA) is 42.3 Å². The summed E-state index contributed by atoms with van der Waals surface area (Å²) in [5, 5.41) is 1.14. The number of halogens is 6. The van der Waals surface area contributed by atoms with Gasteiger partial charge in [-0.05, 0) is 59.2 Å². The molecule has 0 N–H and O–H groups in total. The predicted octanol–water partition coefficient (Wildman–Crippen LogP) is 11.0. The van der Waals surface area contributed by atoms with E-state index >= 15 is 0 Å². The zero-order valence-electron chi connectivity index (χ0n) is 25.7. The van der Waals surface area contributed by atoms with Gasteiger partial charge in [-0.1, -0.05) is 91.0 Å². The van der Waals surface area contributed by atoms with E-state index in [9.17, 15) is 35.9 Å². The van der Waals surface area contributed by atoms with Crippen molar-refractivity contribution in [3.8, 4) is 27.9 Å². The minimum atomic E-state index is -5.12. The van der Waals surface area contributed by atoms with Crippen molar-refractivity contribution in [1.82, 2.24) is 4.57 Å². The van der Waals surface area contributed by atoms with E-state index in [1.165, 1.54) is 18.2 Å². The Kier molecular flexibility index (Phi) is 6.97. The lowest BCUT2D eigenvalue weighted by Crippen LogP contribution is -2.29. The van der Waals surface area contributed by atoms with Gasteiger partial charge in [-0.3, -0.25) is 9.59 Å². The van der Waals surface area contributed by atoms with Gasteiger partial charge in [0, 0.05) is 16.3 Å². The molecule has 1 aliphatic heterocycles. The molecule has 4 nitrogen and oxygen atoms in total. The molecule has 0 spiro atoms. The van der Waals surface area contributed by atoms with Crippen molar-refractivity contribution in [2.45, 2.75) is 12.4 Å². The minimum absolute atomic E-state index is 0.00143. The molecule has 0 saturated carbocycles. The Balaban J connectivity index is 1.37. The molecule has 0 aliphatic carbocycles. The zero-order valence-corrected chi connectivity index (χ0v) is 25.7. The second-order valence-corrected chi connectivity index (χ2v) is 11.9. The van der Waals surface area contributed by atoms with Crippen molar-refractivity contribution in [2.24, 2.45) is 0 Å². The van der Waals surface area contributed by atoms with Crippen LogP contribution in [0.5, 0.6) is 0 Å². The second kappa shape index (κ2) is 11.2. The number of hydrogen-bond acceptors (Lipinski definition) is 2. The number of carbonyl (C=O) groups excluding carboxylic acids is 2. The molecule has 2 heterocycles. The Morgan fingerprint density at radius 1 is 0.500 bits per heavy atom. The molecule has 0 fully saturated rings. The molecule has 246 valence electrons. The van der Waals surface area contributed by atoms with E-state index in [0.29, 0.717) is 28.0 Å². The van der Waals surface area contributed by atoms with Gasteiger partial charge < -0.3 is 4.57 Å². The number of imide groups is 1. The molecule has 6 aromatic carbocycles. The van der Waals surface area contributed by atoms with Crippen molar-refractivity contribution in [3.05, 3.63) is 156 Å². The number of nitrogens with zero attached hydrogens (tertiary/aromatic N) is 2. The van der Waals surface area contributed by atoms with E-state index in [4.69, 9.17) is 0 Å². The quantitative estimate of drug-likeness (QED) is 0.138. The number of benzene rings is 6. The molecule has 8 rings (SSSR count). The molecule has 1 aromatic heterocycles. The lowest BCUT2D eigenvalue weighted by molar-refractivity contribution is -0.142. The first-order valence-electron chi connectivity index (χ1n) is 15.4. The number of rotatable bonds is 4. The maximum Gasteiger partial charge on any atom is 0.417 e. The van der Waals surface area contributed by atoms with Crippen LogP contribution in [0.1, 0.15) is 31.8 Å². The number of alkyl halides is 6. The Hall–Kier alpha value is -6.16. The van der Waals surface area contributed by atoms with Crippen molar-refractivity contribution in [3.63, 3.8) is 0 Å². The van der Waals surface area contributed by atoms with Gasteiger partial charge in [0.1, 0.15) is 0 Å². The summed E-state index contributed by atoms with van der Waals surface area (Å²) >= 11 is 0. The molecule has 0 bridgehead atoms. The second-order valence-electron chi connectivity index (χ2n) is 11.9. The van der Waals surface area contributed by atoms with Gasteiger partial charge in [0.25, 0.3) is 11.8 Å². The minimum Gasteiger partial charge on any atom is -0.308 e. The van der Waals surface area contributed by atoms with E-state index in [-0.39, 0.29) is 34.0 Å². The first kappa shape index (κ1) is 31.1. The van der Waals surface area contributed by atoms with Crippen molar-refractivity contribution in [2.75, 3.05) is 4.90 Å². The Morgan fingerprint density at radius 3 is 1.92 bits per heavy atom. The maximum absolute atomic E-state index is 14.5. The number of aromatic nitrogens is 1. The largest absolute Gasteiger partial charge is 0.417 e. The van der Waals surface area contributed by atoms with Gasteiger partial charge in [0.2, 0.25) is 0 Å². The number of amides is 2. The molecule has 0 atom stereocenters. The average molecular weight is 677 g/mol. The fourth-order valence-electron chi connectivity index (χ4n) is 6.82. The summed E-state index contributed by atoms with van der Waals surface area (Å²) in [6.07, 6.45) is -10.1. The van der Waals surface area contributed by atoms with Crippen LogP contribution >= 0.6 is 0 Å². The number of anilines is 1. The lowest BCUT2D eigenvalue weighted by Gasteiger charge is -2.19. The Morgan fingerprint density at radius 2 is 1.16 bits per heavy atom. The third-order valence-electron chi connectivity index (χ3n) is 8.98. The summed E-state index contributed by atoms with van der Waals surface area (Å²) in [6.45, 7) is 0. The molecule has 7 aromatic rings. The SMILES string of the molecule is O=C1c2cccc(-n3c4ccccc4c4cccc(-c5ccc(C(F)(F)F)cc5C(F)(F)F)c43)c2C(=O)N1c1cccc(-c2ccccc2)c1. The highest BCUT2D eigenvalue weighted by molar-refractivity contribution is 6.36. The van der Waals surface area contributed by atoms with Crippen LogP contribution < -0.4 is 4.90 Å². The molecule has 2 amide bonds. The van der Waals surface area contributed by atoms with Crippen LogP contribution in [0.3, 0.4) is 0 Å². The Labute approximate surface area is 280 Å². The maximum atomic E-state index is 14.5. The molecular formula is C40H22F6N2O2. The summed E-state index contributed by atoms with van der Waals surface area (Å²) in [5.41, 5.74) is -0.201. The number of para-hydroxylation sites is 2. The molecule has 10 heteroatoms. The molecule has 0 saturated heterocycles. The van der Waals surface area contributed by atoms with Gasteiger partial charge in [-0.25, -0.2) is 4.90 Å². The first-order chi connectivity index (χ1) is 23.9. The van der Waals surface area contributed by atoms with Crippen LogP contribution in [-0.2, 0) is 12.4 Å². The molecular weight excluding hydrogens is 654 g/mol. The van der Waals surface area contributed by atoms with Gasteiger partial charge in [0.05, 0.1) is 44.7 Å². The summed E-state index contributed by atoms with van der Waals surface area (Å²) in [4.78, 5) is 29.4. The van der Waals surface area contributed by atoms with Crippen LogP contribution in [0.15, 0.2) is 133 Å². The summed E-state index contributed by atoms with van der Waals surface area (Å²) in [6, 6.07) is 34.3. The average Bonchev–Trinajstić information content (AvgIpc) is 3.58. The highest BCUT2D eigenvalue weighted by Gasteiger charge is 2.41. The number of hydrogen-bond donors (Lipinski definition) is 0. The van der Waals surface area contributed by atoms with Crippen LogP contribution in [0.25, 0.3) is 49.7 Å². The Bertz CT molecular complexity index is 2510. The molecule has 1 aliphatic rings. The highest BCUT2D eigenvalue weighted by atomic mass is 19.4. The summed E-state index contributed by atoms with van der Waals surface area (Å²) < 4.78 is 85.8. The fourth-order valence-corrected chi connectivity index (χ4v) is 6.82. The van der Waals surface area contributed by atoms with Gasteiger partial charge in [-0.15, -0.1) is 0 Å². The highest BCUT2D eigenvalue weighted by Crippen LogP contribution is 2.46. The van der Waals surface area contributed by atoms with Crippen molar-refractivity contribution in [1.29, 1.82) is 0 Å². The van der Waals surface area contributed by atoms with E-state index in [0.717, 1.165) is 22.1 Å². The standard InChI is InChI=1S/C40H22F6N2O2/c41-39(42,43)25-19-20-27(32(22-25)40(44,45)46)29-14-7-15-30-28-13-4-5-17-33(28)48(36(29)30)34-18-8-16-31-35(34)38(50)47(37(31)49)26-12-6-11-24(21-26)23-9-2-1-3-10-23/h1-22H. The number of fused-ring (bicyclic) bond motifs is 4. The van der Waals surface area contributed by atoms with Crippen LogP contribution in [0.4, 0.5) is 32.0 Å². The third-order valence-corrected chi connectivity index (χ3v) is 8.98. The molecule has 0 radical (unpaired) electrons.